The molecule has 0 aliphatic rings. The number of hydrogen-bond acceptors (Lipinski definition) is 2. The van der Waals surface area contributed by atoms with Crippen LogP contribution in [-0.4, -0.2) is 0 Å². The quantitative estimate of drug-likeness (QED) is 0.880. The van der Waals surface area contributed by atoms with Gasteiger partial charge in [0.15, 0.2) is 0 Å². The largest absolute Gasteiger partial charge is 0.366 e. The highest BCUT2D eigenvalue weighted by atomic mass is 79.9. The first-order chi connectivity index (χ1) is 9.49. The number of rotatable bonds is 3. The topological polar surface area (TPSA) is 35.8 Å². The Morgan fingerprint density at radius 3 is 2.55 bits per heavy atom. The second-order valence-electron chi connectivity index (χ2n) is 4.39. The predicted molar refractivity (Wildman–Crippen MR) is 77.2 cm³/mol. The van der Waals surface area contributed by atoms with E-state index in [1.807, 2.05) is 6.07 Å². The summed E-state index contributed by atoms with van der Waals surface area (Å²) >= 11 is 3.16. The lowest BCUT2D eigenvalue weighted by molar-refractivity contribution is 0.606. The molecule has 0 heterocycles. The van der Waals surface area contributed by atoms with Gasteiger partial charge in [-0.3, -0.25) is 0 Å². The highest BCUT2D eigenvalue weighted by molar-refractivity contribution is 9.10. The van der Waals surface area contributed by atoms with Crippen molar-refractivity contribution >= 4 is 21.6 Å². The molecule has 102 valence electrons. The van der Waals surface area contributed by atoms with Crippen LogP contribution in [0, 0.1) is 29.9 Å². The van der Waals surface area contributed by atoms with E-state index in [2.05, 4.69) is 21.2 Å². The fourth-order valence-electron chi connectivity index (χ4n) is 1.90. The molecule has 0 saturated heterocycles. The molecule has 1 N–H and O–H groups in total. The Hall–Kier alpha value is -1.93. The van der Waals surface area contributed by atoms with Gasteiger partial charge in [0.1, 0.15) is 17.7 Å². The molecule has 2 rings (SSSR count). The van der Waals surface area contributed by atoms with E-state index in [1.165, 1.54) is 24.3 Å². The van der Waals surface area contributed by atoms with E-state index >= 15 is 0 Å². The summed E-state index contributed by atoms with van der Waals surface area (Å²) in [5.41, 5.74) is 1.38. The van der Waals surface area contributed by atoms with Crippen molar-refractivity contribution in [2.75, 3.05) is 5.32 Å². The summed E-state index contributed by atoms with van der Waals surface area (Å²) in [6.45, 7) is 1.75. The van der Waals surface area contributed by atoms with Gasteiger partial charge in [-0.1, -0.05) is 22.0 Å². The minimum absolute atomic E-state index is 0.220. The van der Waals surface area contributed by atoms with Crippen molar-refractivity contribution in [1.82, 2.24) is 0 Å². The molecule has 1 atom stereocenters. The van der Waals surface area contributed by atoms with Gasteiger partial charge in [0, 0.05) is 15.7 Å². The average Bonchev–Trinajstić information content (AvgIpc) is 2.35. The maximum Gasteiger partial charge on any atom is 0.143 e. The molecule has 2 aromatic rings. The molecule has 20 heavy (non-hydrogen) atoms. The fourth-order valence-corrected chi connectivity index (χ4v) is 2.23. The van der Waals surface area contributed by atoms with Crippen molar-refractivity contribution in [2.45, 2.75) is 13.0 Å². The maximum absolute atomic E-state index is 13.9. The predicted octanol–water partition coefficient (Wildman–Crippen LogP) is 4.71. The second kappa shape index (κ2) is 6.02. The van der Waals surface area contributed by atoms with Crippen LogP contribution in [0.2, 0.25) is 0 Å². The maximum atomic E-state index is 13.9. The van der Waals surface area contributed by atoms with Crippen LogP contribution in [0.25, 0.3) is 0 Å². The summed E-state index contributed by atoms with van der Waals surface area (Å²) in [5.74, 6) is -0.896. The Labute approximate surface area is 124 Å². The zero-order valence-electron chi connectivity index (χ0n) is 10.6. The van der Waals surface area contributed by atoms with Gasteiger partial charge >= 0.3 is 0 Å². The summed E-state index contributed by atoms with van der Waals surface area (Å²) in [7, 11) is 0. The summed E-state index contributed by atoms with van der Waals surface area (Å²) < 4.78 is 27.8. The number of benzene rings is 2. The van der Waals surface area contributed by atoms with Crippen LogP contribution in [0.4, 0.5) is 14.5 Å². The van der Waals surface area contributed by atoms with E-state index in [0.29, 0.717) is 10.2 Å². The molecule has 0 radical (unpaired) electrons. The van der Waals surface area contributed by atoms with Crippen molar-refractivity contribution < 1.29 is 8.78 Å². The number of aryl methyl sites for hydroxylation is 1. The molecule has 2 aromatic carbocycles. The van der Waals surface area contributed by atoms with E-state index in [0.717, 1.165) is 5.56 Å². The molecule has 0 amide bonds. The van der Waals surface area contributed by atoms with Gasteiger partial charge in [0.05, 0.1) is 6.07 Å². The summed E-state index contributed by atoms with van der Waals surface area (Å²) in [6.07, 6.45) is 0. The lowest BCUT2D eigenvalue weighted by Gasteiger charge is -2.15. The van der Waals surface area contributed by atoms with Crippen LogP contribution in [0.5, 0.6) is 0 Å². The third-order valence-corrected chi connectivity index (χ3v) is 3.25. The minimum atomic E-state index is -0.885. The monoisotopic (exact) mass is 336 g/mol. The fraction of sp³-hybridized carbons (Fsp3) is 0.133. The average molecular weight is 337 g/mol. The molecule has 0 aromatic heterocycles. The first-order valence-corrected chi connectivity index (χ1v) is 6.67. The van der Waals surface area contributed by atoms with E-state index in [9.17, 15) is 14.0 Å². The lowest BCUT2D eigenvalue weighted by atomic mass is 10.1. The minimum Gasteiger partial charge on any atom is -0.366 e. The SMILES string of the molecule is Cc1cc(F)cc(NC(C#N)c2ccc(Br)cc2F)c1. The van der Waals surface area contributed by atoms with Gasteiger partial charge in [0.25, 0.3) is 0 Å². The third-order valence-electron chi connectivity index (χ3n) is 2.76. The van der Waals surface area contributed by atoms with Crippen molar-refractivity contribution in [3.63, 3.8) is 0 Å². The van der Waals surface area contributed by atoms with Crippen molar-refractivity contribution in [3.8, 4) is 6.07 Å². The zero-order chi connectivity index (χ0) is 14.7. The Morgan fingerprint density at radius 2 is 1.95 bits per heavy atom. The molecular weight excluding hydrogens is 326 g/mol. The Kier molecular flexibility index (Phi) is 4.35. The van der Waals surface area contributed by atoms with Crippen molar-refractivity contribution in [2.24, 2.45) is 0 Å². The van der Waals surface area contributed by atoms with E-state index in [4.69, 9.17) is 0 Å². The Balaban J connectivity index is 2.31. The van der Waals surface area contributed by atoms with Gasteiger partial charge in [-0.25, -0.2) is 8.78 Å². The lowest BCUT2D eigenvalue weighted by Crippen LogP contribution is -2.10. The normalized spacial score (nSPS) is 11.8. The number of nitrogens with zero attached hydrogens (tertiary/aromatic N) is 1. The van der Waals surface area contributed by atoms with Crippen LogP contribution in [-0.2, 0) is 0 Å². The highest BCUT2D eigenvalue weighted by Gasteiger charge is 2.15. The zero-order valence-corrected chi connectivity index (χ0v) is 12.2. The smallest absolute Gasteiger partial charge is 0.143 e. The van der Waals surface area contributed by atoms with E-state index in [1.54, 1.807) is 19.1 Å². The molecule has 5 heteroatoms. The van der Waals surface area contributed by atoms with Gasteiger partial charge in [0.2, 0.25) is 0 Å². The van der Waals surface area contributed by atoms with Crippen LogP contribution in [0.15, 0.2) is 40.9 Å². The molecule has 0 fully saturated rings. The summed E-state index contributed by atoms with van der Waals surface area (Å²) in [6, 6.07) is 9.91. The first kappa shape index (κ1) is 14.5. The molecule has 0 spiro atoms. The van der Waals surface area contributed by atoms with Crippen LogP contribution >= 0.6 is 15.9 Å². The van der Waals surface area contributed by atoms with Gasteiger partial charge in [-0.15, -0.1) is 0 Å². The summed E-state index contributed by atoms with van der Waals surface area (Å²) in [4.78, 5) is 0. The summed E-state index contributed by atoms with van der Waals surface area (Å²) in [5, 5.41) is 12.0. The van der Waals surface area contributed by atoms with Gasteiger partial charge < -0.3 is 5.32 Å². The molecule has 1 unspecified atom stereocenters. The van der Waals surface area contributed by atoms with E-state index in [-0.39, 0.29) is 5.56 Å². The highest BCUT2D eigenvalue weighted by Crippen LogP contribution is 2.25. The van der Waals surface area contributed by atoms with Gasteiger partial charge in [-0.05, 0) is 42.8 Å². The van der Waals surface area contributed by atoms with Crippen molar-refractivity contribution in [1.29, 1.82) is 5.26 Å². The number of halogens is 3. The number of anilines is 1. The molecule has 2 nitrogen and oxygen atoms in total. The Morgan fingerprint density at radius 1 is 1.20 bits per heavy atom. The van der Waals surface area contributed by atoms with Crippen LogP contribution < -0.4 is 5.32 Å². The standard InChI is InChI=1S/C15H11BrF2N2/c1-9-4-11(17)7-12(5-9)20-15(8-19)13-3-2-10(16)6-14(13)18/h2-7,15,20H,1H3. The van der Waals surface area contributed by atoms with Crippen molar-refractivity contribution in [3.05, 3.63) is 63.6 Å². The molecule has 0 aliphatic carbocycles. The number of nitrogens with one attached hydrogen (secondary N) is 1. The number of nitriles is 1. The molecule has 0 saturated carbocycles. The molecular formula is C15H11BrF2N2. The van der Waals surface area contributed by atoms with Crippen LogP contribution in [0.1, 0.15) is 17.2 Å². The first-order valence-electron chi connectivity index (χ1n) is 5.88. The van der Waals surface area contributed by atoms with Gasteiger partial charge in [-0.2, -0.15) is 5.26 Å². The Bertz CT molecular complexity index is 660. The number of hydrogen-bond donors (Lipinski definition) is 1. The second-order valence-corrected chi connectivity index (χ2v) is 5.31. The molecule has 0 bridgehead atoms. The third kappa shape index (κ3) is 3.34. The molecule has 0 aliphatic heterocycles. The van der Waals surface area contributed by atoms with Crippen LogP contribution in [0.3, 0.4) is 0 Å². The van der Waals surface area contributed by atoms with E-state index < -0.39 is 17.7 Å².